The maximum absolute atomic E-state index is 13.1. The first-order chi connectivity index (χ1) is 15.0. The molecule has 0 saturated heterocycles. The van der Waals surface area contributed by atoms with Gasteiger partial charge in [0.25, 0.3) is 0 Å². The molecular weight excluding hydrogens is 412 g/mol. The van der Waals surface area contributed by atoms with Crippen LogP contribution in [0.3, 0.4) is 0 Å². The van der Waals surface area contributed by atoms with E-state index >= 15 is 0 Å². The molecule has 1 amide bonds. The van der Waals surface area contributed by atoms with Gasteiger partial charge < -0.3 is 19.8 Å². The molecule has 0 fully saturated rings. The zero-order valence-corrected chi connectivity index (χ0v) is 18.2. The first-order valence-electron chi connectivity index (χ1n) is 10.0. The van der Waals surface area contributed by atoms with Gasteiger partial charge in [-0.1, -0.05) is 18.2 Å². The van der Waals surface area contributed by atoms with Crippen molar-refractivity contribution >= 4 is 40.9 Å². The topological polar surface area (TPSA) is 96.1 Å². The van der Waals surface area contributed by atoms with E-state index in [4.69, 9.17) is 4.18 Å². The summed E-state index contributed by atoms with van der Waals surface area (Å²) in [5.41, 5.74) is 4.85. The fourth-order valence-corrected chi connectivity index (χ4v) is 4.19. The number of anilines is 3. The summed E-state index contributed by atoms with van der Waals surface area (Å²) in [7, 11) is 0. The lowest BCUT2D eigenvalue weighted by molar-refractivity contribution is -0.114. The highest BCUT2D eigenvalue weighted by Crippen LogP contribution is 2.40. The third-order valence-corrected chi connectivity index (χ3v) is 5.51. The molecule has 3 aromatic rings. The summed E-state index contributed by atoms with van der Waals surface area (Å²) in [6.45, 7) is 1.98. The summed E-state index contributed by atoms with van der Waals surface area (Å²) in [5, 5.41) is 6.15. The van der Waals surface area contributed by atoms with E-state index in [1.54, 1.807) is 12.3 Å². The van der Waals surface area contributed by atoms with Gasteiger partial charge in [-0.2, -0.15) is 0 Å². The van der Waals surface area contributed by atoms with E-state index in [0.717, 1.165) is 34.7 Å². The van der Waals surface area contributed by atoms with Crippen LogP contribution in [0.25, 0.3) is 11.3 Å². The summed E-state index contributed by atoms with van der Waals surface area (Å²) in [4.78, 5) is 32.3. The third-order valence-electron chi connectivity index (χ3n) is 5.14. The maximum Gasteiger partial charge on any atom is 0.222 e. The van der Waals surface area contributed by atoms with Gasteiger partial charge in [-0.3, -0.25) is 9.59 Å². The average molecular weight is 437 g/mol. The number of aromatic amines is 1. The molecule has 0 aliphatic heterocycles. The summed E-state index contributed by atoms with van der Waals surface area (Å²) in [6, 6.07) is 13.4. The molecule has 0 spiro atoms. The monoisotopic (exact) mass is 436 g/mol. The number of aromatic nitrogens is 2. The molecule has 160 valence electrons. The van der Waals surface area contributed by atoms with Crippen LogP contribution >= 0.6 is 12.0 Å². The van der Waals surface area contributed by atoms with Crippen LogP contribution in [0.15, 0.2) is 48.7 Å². The van der Waals surface area contributed by atoms with Crippen LogP contribution in [0.4, 0.5) is 17.2 Å². The minimum absolute atomic E-state index is 0.0908. The van der Waals surface area contributed by atoms with Gasteiger partial charge in [0.1, 0.15) is 5.82 Å². The number of Topliss-reactive ketones (excluding diaryl/α,β-unsaturated/α-hetero) is 1. The molecule has 0 bridgehead atoms. The SMILES string of the molecule is CSOC[C@@H]1CC(=O)c2c([nH]c(-c3ccnc(NC(C)=O)c3)c2Nc2ccccc2)C1. The lowest BCUT2D eigenvalue weighted by Crippen LogP contribution is -2.23. The van der Waals surface area contributed by atoms with E-state index in [0.29, 0.717) is 24.4 Å². The van der Waals surface area contributed by atoms with Crippen LogP contribution in [-0.4, -0.2) is 34.5 Å². The predicted octanol–water partition coefficient (Wildman–Crippen LogP) is 4.82. The van der Waals surface area contributed by atoms with Gasteiger partial charge in [-0.15, -0.1) is 0 Å². The number of pyridine rings is 1. The number of carbonyl (C=O) groups excluding carboxylic acids is 2. The van der Waals surface area contributed by atoms with Gasteiger partial charge in [0.05, 0.1) is 23.6 Å². The van der Waals surface area contributed by atoms with Gasteiger partial charge in [0.15, 0.2) is 5.78 Å². The van der Waals surface area contributed by atoms with Gasteiger partial charge in [0.2, 0.25) is 5.91 Å². The van der Waals surface area contributed by atoms with E-state index in [1.165, 1.54) is 19.0 Å². The third kappa shape index (κ3) is 4.81. The fraction of sp³-hybridized carbons (Fsp3) is 0.261. The molecule has 31 heavy (non-hydrogen) atoms. The first-order valence-corrected chi connectivity index (χ1v) is 11.2. The number of hydrogen-bond donors (Lipinski definition) is 3. The second-order valence-corrected chi connectivity index (χ2v) is 8.05. The second kappa shape index (κ2) is 9.36. The van der Waals surface area contributed by atoms with Crippen molar-refractivity contribution in [1.82, 2.24) is 9.97 Å². The van der Waals surface area contributed by atoms with Crippen LogP contribution in [0.5, 0.6) is 0 Å². The fourth-order valence-electron chi connectivity index (χ4n) is 3.86. The van der Waals surface area contributed by atoms with Crippen molar-refractivity contribution in [2.45, 2.75) is 19.8 Å². The number of nitrogens with one attached hydrogen (secondary N) is 3. The number of nitrogens with zero attached hydrogens (tertiary/aromatic N) is 1. The van der Waals surface area contributed by atoms with Crippen molar-refractivity contribution in [1.29, 1.82) is 0 Å². The Morgan fingerprint density at radius 2 is 2.06 bits per heavy atom. The summed E-state index contributed by atoms with van der Waals surface area (Å²) in [6.07, 6.45) is 4.70. The molecule has 8 heteroatoms. The van der Waals surface area contributed by atoms with Crippen molar-refractivity contribution in [3.63, 3.8) is 0 Å². The van der Waals surface area contributed by atoms with E-state index in [-0.39, 0.29) is 17.6 Å². The molecular formula is C23H24N4O3S. The minimum Gasteiger partial charge on any atom is -0.356 e. The highest BCUT2D eigenvalue weighted by molar-refractivity contribution is 7.93. The molecule has 3 N–H and O–H groups in total. The van der Waals surface area contributed by atoms with E-state index in [9.17, 15) is 9.59 Å². The summed E-state index contributed by atoms with van der Waals surface area (Å²) in [5.74, 6) is 0.495. The highest BCUT2D eigenvalue weighted by atomic mass is 32.2. The lowest BCUT2D eigenvalue weighted by Gasteiger charge is -2.21. The lowest BCUT2D eigenvalue weighted by atomic mass is 9.86. The number of para-hydroxylation sites is 1. The predicted molar refractivity (Wildman–Crippen MR) is 124 cm³/mol. The Bertz CT molecular complexity index is 1100. The molecule has 1 aliphatic rings. The van der Waals surface area contributed by atoms with E-state index in [2.05, 4.69) is 20.6 Å². The zero-order chi connectivity index (χ0) is 21.8. The Morgan fingerprint density at radius 1 is 1.26 bits per heavy atom. The first kappa shape index (κ1) is 21.1. The van der Waals surface area contributed by atoms with Crippen molar-refractivity contribution in [3.8, 4) is 11.3 Å². The highest BCUT2D eigenvalue weighted by Gasteiger charge is 2.32. The van der Waals surface area contributed by atoms with Crippen molar-refractivity contribution in [3.05, 3.63) is 59.9 Å². The second-order valence-electron chi connectivity index (χ2n) is 7.48. The number of amides is 1. The quantitative estimate of drug-likeness (QED) is 0.460. The average Bonchev–Trinajstić information content (AvgIpc) is 3.11. The molecule has 4 rings (SSSR count). The van der Waals surface area contributed by atoms with Crippen LogP contribution < -0.4 is 10.6 Å². The molecule has 1 aliphatic carbocycles. The molecule has 0 radical (unpaired) electrons. The Hall–Kier alpha value is -3.10. The molecule has 1 atom stereocenters. The molecule has 2 aromatic heterocycles. The van der Waals surface area contributed by atoms with Crippen LogP contribution in [0, 0.1) is 5.92 Å². The number of H-pyrrole nitrogens is 1. The molecule has 7 nitrogen and oxygen atoms in total. The number of carbonyl (C=O) groups is 2. The standard InChI is InChI=1S/C23H24N4O3S/c1-14(28)25-20-12-16(8-9-24-20)22-23(26-17-6-4-3-5-7-17)21-18(27-22)10-15(11-19(21)29)13-30-31-2/h3-9,12,15,26-27H,10-11,13H2,1-2H3,(H,24,25,28)/t15-/m0/s1. The van der Waals surface area contributed by atoms with Gasteiger partial charge in [-0.25, -0.2) is 4.98 Å². The number of hydrogen-bond acceptors (Lipinski definition) is 6. The van der Waals surface area contributed by atoms with E-state index in [1.807, 2.05) is 42.7 Å². The number of rotatable bonds is 7. The van der Waals surface area contributed by atoms with Crippen LogP contribution in [0.1, 0.15) is 29.4 Å². The number of fused-ring (bicyclic) bond motifs is 1. The van der Waals surface area contributed by atoms with E-state index < -0.39 is 0 Å². The van der Waals surface area contributed by atoms with Gasteiger partial charge >= 0.3 is 0 Å². The Morgan fingerprint density at radius 3 is 2.81 bits per heavy atom. The van der Waals surface area contributed by atoms with Crippen molar-refractivity contribution in [2.75, 3.05) is 23.5 Å². The molecule has 1 aromatic carbocycles. The summed E-state index contributed by atoms with van der Waals surface area (Å²) < 4.78 is 5.49. The zero-order valence-electron chi connectivity index (χ0n) is 17.4. The number of benzene rings is 1. The normalized spacial score (nSPS) is 15.4. The van der Waals surface area contributed by atoms with Crippen molar-refractivity contribution < 1.29 is 13.8 Å². The van der Waals surface area contributed by atoms with Crippen LogP contribution in [-0.2, 0) is 15.4 Å². The Kier molecular flexibility index (Phi) is 6.39. The van der Waals surface area contributed by atoms with Gasteiger partial charge in [-0.05, 0) is 48.6 Å². The van der Waals surface area contributed by atoms with Gasteiger partial charge in [0, 0.05) is 42.7 Å². The summed E-state index contributed by atoms with van der Waals surface area (Å²) >= 11 is 1.32. The maximum atomic E-state index is 13.1. The molecule has 0 unspecified atom stereocenters. The largest absolute Gasteiger partial charge is 0.356 e. The Balaban J connectivity index is 1.77. The minimum atomic E-state index is -0.190. The molecule has 0 saturated carbocycles. The molecule has 2 heterocycles. The smallest absolute Gasteiger partial charge is 0.222 e. The number of ketones is 1. The van der Waals surface area contributed by atoms with Crippen LogP contribution in [0.2, 0.25) is 0 Å². The Labute approximate surface area is 185 Å². The van der Waals surface area contributed by atoms with Crippen molar-refractivity contribution in [2.24, 2.45) is 5.92 Å².